The predicted octanol–water partition coefficient (Wildman–Crippen LogP) is 2.43. The molecular weight excluding hydrogens is 205 g/mol. The maximum absolute atomic E-state index is 13.2. The van der Waals surface area contributed by atoms with Gasteiger partial charge in [-0.05, 0) is 24.6 Å². The molecule has 0 amide bonds. The number of hydrogen-bond acceptors (Lipinski definition) is 2. The number of nitriles is 1. The Morgan fingerprint density at radius 2 is 2.29 bits per heavy atom. The van der Waals surface area contributed by atoms with Crippen molar-refractivity contribution >= 4 is 17.4 Å². The van der Waals surface area contributed by atoms with Gasteiger partial charge in [-0.1, -0.05) is 0 Å². The van der Waals surface area contributed by atoms with E-state index in [1.807, 2.05) is 0 Å². The van der Waals surface area contributed by atoms with Gasteiger partial charge in [-0.2, -0.15) is 5.26 Å². The van der Waals surface area contributed by atoms with E-state index in [2.05, 4.69) is 0 Å². The number of rotatable bonds is 2. The first-order valence-electron chi connectivity index (χ1n) is 3.89. The van der Waals surface area contributed by atoms with Crippen LogP contribution in [0.25, 0.3) is 0 Å². The lowest BCUT2D eigenvalue weighted by atomic mass is 10.0. The monoisotopic (exact) mass is 211 g/mol. The number of ketones is 1. The molecule has 0 radical (unpaired) electrons. The van der Waals surface area contributed by atoms with Gasteiger partial charge in [0.05, 0.1) is 11.4 Å². The minimum absolute atomic E-state index is 0.126. The van der Waals surface area contributed by atoms with E-state index in [0.29, 0.717) is 0 Å². The van der Waals surface area contributed by atoms with Crippen LogP contribution >= 0.6 is 11.6 Å². The number of alkyl halides is 1. The lowest BCUT2D eigenvalue weighted by molar-refractivity contribution is 0.102. The standard InChI is InChI=1S/C10H7ClFNO/c1-6-2-7(9(14)4-11)3-8(5-13)10(6)12/h2-3H,4H2,1H3. The highest BCUT2D eigenvalue weighted by molar-refractivity contribution is 6.30. The molecule has 1 aromatic carbocycles. The number of carbonyl (C=O) groups excluding carboxylic acids is 1. The third kappa shape index (κ3) is 1.91. The molecule has 0 aromatic heterocycles. The number of aryl methyl sites for hydroxylation is 1. The second-order valence-electron chi connectivity index (χ2n) is 2.82. The Hall–Kier alpha value is -1.40. The van der Waals surface area contributed by atoms with Gasteiger partial charge in [0.25, 0.3) is 0 Å². The number of carbonyl (C=O) groups is 1. The zero-order valence-electron chi connectivity index (χ0n) is 7.47. The highest BCUT2D eigenvalue weighted by Gasteiger charge is 2.11. The third-order valence-corrected chi connectivity index (χ3v) is 2.06. The van der Waals surface area contributed by atoms with Gasteiger partial charge in [0, 0.05) is 5.56 Å². The minimum atomic E-state index is -0.585. The molecule has 0 heterocycles. The summed E-state index contributed by atoms with van der Waals surface area (Å²) < 4.78 is 13.2. The molecule has 0 unspecified atom stereocenters. The lowest BCUT2D eigenvalue weighted by Gasteiger charge is -2.02. The van der Waals surface area contributed by atoms with Gasteiger partial charge in [0.15, 0.2) is 5.78 Å². The summed E-state index contributed by atoms with van der Waals surface area (Å²) in [5.41, 5.74) is 0.423. The number of nitrogens with zero attached hydrogens (tertiary/aromatic N) is 1. The maximum atomic E-state index is 13.2. The smallest absolute Gasteiger partial charge is 0.177 e. The molecule has 0 bridgehead atoms. The normalized spacial score (nSPS) is 9.57. The van der Waals surface area contributed by atoms with Crippen LogP contribution in [-0.4, -0.2) is 11.7 Å². The van der Waals surface area contributed by atoms with Crippen molar-refractivity contribution in [2.24, 2.45) is 0 Å². The second-order valence-corrected chi connectivity index (χ2v) is 3.09. The zero-order valence-corrected chi connectivity index (χ0v) is 8.23. The summed E-state index contributed by atoms with van der Waals surface area (Å²) >= 11 is 5.35. The molecule has 1 rings (SSSR count). The van der Waals surface area contributed by atoms with E-state index < -0.39 is 5.82 Å². The fourth-order valence-corrected chi connectivity index (χ4v) is 1.24. The van der Waals surface area contributed by atoms with Crippen molar-refractivity contribution in [3.05, 3.63) is 34.6 Å². The minimum Gasteiger partial charge on any atom is -0.293 e. The Bertz CT molecular complexity index is 423. The highest BCUT2D eigenvalue weighted by atomic mass is 35.5. The molecule has 0 aliphatic carbocycles. The second kappa shape index (κ2) is 4.21. The summed E-state index contributed by atoms with van der Waals surface area (Å²) in [7, 11) is 0. The highest BCUT2D eigenvalue weighted by Crippen LogP contribution is 2.15. The first-order valence-corrected chi connectivity index (χ1v) is 4.43. The topological polar surface area (TPSA) is 40.9 Å². The van der Waals surface area contributed by atoms with Crippen LogP contribution in [0.2, 0.25) is 0 Å². The molecule has 0 saturated heterocycles. The Morgan fingerprint density at radius 3 is 2.79 bits per heavy atom. The van der Waals surface area contributed by atoms with Crippen LogP contribution in [0.15, 0.2) is 12.1 Å². The molecule has 0 spiro atoms. The Kier molecular flexibility index (Phi) is 3.21. The maximum Gasteiger partial charge on any atom is 0.177 e. The van der Waals surface area contributed by atoms with E-state index in [4.69, 9.17) is 16.9 Å². The van der Waals surface area contributed by atoms with Crippen LogP contribution in [0, 0.1) is 24.1 Å². The molecule has 0 aliphatic heterocycles. The van der Waals surface area contributed by atoms with Crippen LogP contribution in [0.3, 0.4) is 0 Å². The van der Waals surface area contributed by atoms with Gasteiger partial charge in [0.2, 0.25) is 0 Å². The van der Waals surface area contributed by atoms with Gasteiger partial charge in [-0.25, -0.2) is 4.39 Å². The van der Waals surface area contributed by atoms with Crippen molar-refractivity contribution in [1.82, 2.24) is 0 Å². The SMILES string of the molecule is Cc1cc(C(=O)CCl)cc(C#N)c1F. The molecule has 0 aliphatic rings. The predicted molar refractivity (Wildman–Crippen MR) is 50.9 cm³/mol. The van der Waals surface area contributed by atoms with Crippen molar-refractivity contribution in [3.63, 3.8) is 0 Å². The van der Waals surface area contributed by atoms with Crippen molar-refractivity contribution in [1.29, 1.82) is 5.26 Å². The number of Topliss-reactive ketones (excluding diaryl/α,β-unsaturated/α-hetero) is 1. The average molecular weight is 212 g/mol. The van der Waals surface area contributed by atoms with E-state index in [0.717, 1.165) is 0 Å². The molecule has 4 heteroatoms. The summed E-state index contributed by atoms with van der Waals surface area (Å²) in [4.78, 5) is 11.2. The van der Waals surface area contributed by atoms with Gasteiger partial charge in [0.1, 0.15) is 11.9 Å². The molecule has 14 heavy (non-hydrogen) atoms. The zero-order chi connectivity index (χ0) is 10.7. The van der Waals surface area contributed by atoms with Gasteiger partial charge in [-0.3, -0.25) is 4.79 Å². The van der Waals surface area contributed by atoms with Crippen LogP contribution in [0.1, 0.15) is 21.5 Å². The van der Waals surface area contributed by atoms with E-state index in [1.165, 1.54) is 19.1 Å². The van der Waals surface area contributed by atoms with E-state index in [-0.39, 0.29) is 28.4 Å². The van der Waals surface area contributed by atoms with Crippen LogP contribution < -0.4 is 0 Å². The van der Waals surface area contributed by atoms with Crippen LogP contribution in [0.5, 0.6) is 0 Å². The molecule has 72 valence electrons. The van der Waals surface area contributed by atoms with Crippen molar-refractivity contribution in [3.8, 4) is 6.07 Å². The number of halogens is 2. The number of hydrogen-bond donors (Lipinski definition) is 0. The van der Waals surface area contributed by atoms with Crippen molar-refractivity contribution in [2.75, 3.05) is 5.88 Å². The number of benzene rings is 1. The molecule has 0 saturated carbocycles. The molecule has 2 nitrogen and oxygen atoms in total. The summed E-state index contributed by atoms with van der Waals surface area (Å²) in [5, 5.41) is 8.59. The summed E-state index contributed by atoms with van der Waals surface area (Å²) in [6.07, 6.45) is 0. The van der Waals surface area contributed by atoms with Gasteiger partial charge in [-0.15, -0.1) is 11.6 Å². The van der Waals surface area contributed by atoms with Crippen molar-refractivity contribution < 1.29 is 9.18 Å². The fourth-order valence-electron chi connectivity index (χ4n) is 1.09. The average Bonchev–Trinajstić information content (AvgIpc) is 2.20. The van der Waals surface area contributed by atoms with E-state index in [1.54, 1.807) is 6.07 Å². The van der Waals surface area contributed by atoms with Gasteiger partial charge >= 0.3 is 0 Å². The lowest BCUT2D eigenvalue weighted by Crippen LogP contribution is -2.03. The van der Waals surface area contributed by atoms with E-state index >= 15 is 0 Å². The first kappa shape index (κ1) is 10.7. The van der Waals surface area contributed by atoms with E-state index in [9.17, 15) is 9.18 Å². The molecular formula is C10H7ClFNO. The Morgan fingerprint density at radius 1 is 1.64 bits per heavy atom. The molecule has 0 atom stereocenters. The van der Waals surface area contributed by atoms with Gasteiger partial charge < -0.3 is 0 Å². The van der Waals surface area contributed by atoms with Crippen molar-refractivity contribution in [2.45, 2.75) is 6.92 Å². The fraction of sp³-hybridized carbons (Fsp3) is 0.200. The third-order valence-electron chi connectivity index (χ3n) is 1.82. The quantitative estimate of drug-likeness (QED) is 0.557. The molecule has 0 N–H and O–H groups in total. The molecule has 0 fully saturated rings. The molecule has 1 aromatic rings. The summed E-state index contributed by atoms with van der Waals surface area (Å²) in [6.45, 7) is 1.50. The summed E-state index contributed by atoms with van der Waals surface area (Å²) in [6, 6.07) is 4.29. The first-order chi connectivity index (χ1) is 6.60. The Labute approximate surface area is 85.9 Å². The van der Waals surface area contributed by atoms with Crippen LogP contribution in [-0.2, 0) is 0 Å². The summed E-state index contributed by atoms with van der Waals surface area (Å²) in [5.74, 6) is -1.07. The van der Waals surface area contributed by atoms with Crippen LogP contribution in [0.4, 0.5) is 4.39 Å². The Balaban J connectivity index is 3.32. The largest absolute Gasteiger partial charge is 0.293 e.